The number of hydrogen-bond acceptors (Lipinski definition) is 0. The van der Waals surface area contributed by atoms with E-state index in [1.807, 2.05) is 0 Å². The molecule has 0 saturated heterocycles. The summed E-state index contributed by atoms with van der Waals surface area (Å²) >= 11 is 0. The first-order valence-corrected chi connectivity index (χ1v) is 21.8. The zero-order valence-electron chi connectivity index (χ0n) is 34.6. The summed E-state index contributed by atoms with van der Waals surface area (Å²) in [5, 5.41) is 0. The lowest BCUT2D eigenvalue weighted by Gasteiger charge is -2.39. The Morgan fingerprint density at radius 1 is 0.370 bits per heavy atom. The van der Waals surface area contributed by atoms with E-state index in [1.165, 1.54) is 128 Å². The summed E-state index contributed by atoms with van der Waals surface area (Å²) in [5.41, 5.74) is 0. The molecule has 5 saturated carbocycles. The van der Waals surface area contributed by atoms with E-state index >= 15 is 0 Å². The summed E-state index contributed by atoms with van der Waals surface area (Å²) in [4.78, 5) is 0. The molecule has 46 heavy (non-hydrogen) atoms. The average molecular weight is 645 g/mol. The van der Waals surface area contributed by atoms with Gasteiger partial charge in [-0.15, -0.1) is 0 Å². The lowest BCUT2D eigenvalue weighted by Crippen LogP contribution is -2.30. The quantitative estimate of drug-likeness (QED) is 0.270. The topological polar surface area (TPSA) is 0 Å². The van der Waals surface area contributed by atoms with Crippen molar-refractivity contribution in [2.45, 2.75) is 218 Å². The largest absolute Gasteiger partial charge is 0.0651 e. The highest BCUT2D eigenvalue weighted by Gasteiger charge is 2.31. The maximum absolute atomic E-state index is 2.45. The fourth-order valence-electron chi connectivity index (χ4n) is 10.1. The van der Waals surface area contributed by atoms with Gasteiger partial charge in [-0.05, 0) is 83.4 Å². The van der Waals surface area contributed by atoms with E-state index in [0.29, 0.717) is 0 Å². The Labute approximate surface area is 294 Å². The van der Waals surface area contributed by atoms with Crippen LogP contribution in [0.5, 0.6) is 0 Å². The van der Waals surface area contributed by atoms with Crippen molar-refractivity contribution in [3.63, 3.8) is 0 Å². The van der Waals surface area contributed by atoms with Crippen molar-refractivity contribution in [1.29, 1.82) is 0 Å². The Kier molecular flexibility index (Phi) is 24.0. The van der Waals surface area contributed by atoms with Crippen molar-refractivity contribution >= 4 is 0 Å². The van der Waals surface area contributed by atoms with Gasteiger partial charge in [0.1, 0.15) is 0 Å². The first kappa shape index (κ1) is 44.0. The van der Waals surface area contributed by atoms with Crippen LogP contribution in [-0.2, 0) is 0 Å². The second kappa shape index (κ2) is 25.0. The van der Waals surface area contributed by atoms with Gasteiger partial charge in [-0.3, -0.25) is 0 Å². The van der Waals surface area contributed by atoms with Crippen LogP contribution in [0, 0.1) is 76.9 Å². The van der Waals surface area contributed by atoms with Crippen LogP contribution in [0.3, 0.4) is 0 Å². The zero-order chi connectivity index (χ0) is 34.6. The van der Waals surface area contributed by atoms with Gasteiger partial charge in [-0.1, -0.05) is 212 Å². The molecule has 0 aliphatic heterocycles. The first-order chi connectivity index (χ1) is 21.8. The molecule has 0 aromatic heterocycles. The van der Waals surface area contributed by atoms with E-state index in [0.717, 1.165) is 76.9 Å². The predicted octanol–water partition coefficient (Wildman–Crippen LogP) is 16.1. The van der Waals surface area contributed by atoms with Crippen LogP contribution >= 0.6 is 0 Å². The Hall–Kier alpha value is 0. The molecule has 5 aliphatic rings. The lowest BCUT2D eigenvalue weighted by atomic mass is 9.67. The molecule has 0 bridgehead atoms. The molecule has 0 aromatic rings. The minimum Gasteiger partial charge on any atom is -0.0651 e. The molecule has 5 rings (SSSR count). The third-order valence-electron chi connectivity index (χ3n) is 13.8. The van der Waals surface area contributed by atoms with Crippen molar-refractivity contribution in [3.05, 3.63) is 0 Å². The molecular formula is C46H92. The van der Waals surface area contributed by atoms with Crippen LogP contribution in [0.1, 0.15) is 218 Å². The minimum atomic E-state index is 0.894. The summed E-state index contributed by atoms with van der Waals surface area (Å²) in [6, 6.07) is 0. The summed E-state index contributed by atoms with van der Waals surface area (Å²) in [5.74, 6) is 12.9. The summed E-state index contributed by atoms with van der Waals surface area (Å²) in [6.45, 7) is 30.8. The molecule has 5 aliphatic carbocycles. The van der Waals surface area contributed by atoms with Crippen molar-refractivity contribution in [3.8, 4) is 0 Å². The van der Waals surface area contributed by atoms with Crippen LogP contribution in [0.15, 0.2) is 0 Å². The molecular weight excluding hydrogens is 553 g/mol. The Morgan fingerprint density at radius 2 is 0.739 bits per heavy atom. The summed E-state index contributed by atoms with van der Waals surface area (Å²) in [6.07, 6.45) is 29.7. The Balaban J connectivity index is 0.000000291. The molecule has 0 spiro atoms. The Morgan fingerprint density at radius 3 is 1.02 bits per heavy atom. The van der Waals surface area contributed by atoms with Gasteiger partial charge in [0.2, 0.25) is 0 Å². The molecule has 276 valence electrons. The monoisotopic (exact) mass is 645 g/mol. The zero-order valence-corrected chi connectivity index (χ0v) is 34.6. The Bertz CT molecular complexity index is 668. The first-order valence-electron chi connectivity index (χ1n) is 21.8. The molecule has 0 amide bonds. The predicted molar refractivity (Wildman–Crippen MR) is 211 cm³/mol. The van der Waals surface area contributed by atoms with Crippen LogP contribution in [-0.4, -0.2) is 0 Å². The van der Waals surface area contributed by atoms with E-state index in [4.69, 9.17) is 0 Å². The van der Waals surface area contributed by atoms with E-state index in [1.54, 1.807) is 0 Å². The third-order valence-corrected chi connectivity index (χ3v) is 13.8. The second-order valence-corrected chi connectivity index (χ2v) is 18.9. The van der Waals surface area contributed by atoms with Gasteiger partial charge in [0.05, 0.1) is 0 Å². The smallest absolute Gasteiger partial charge is 0.0337 e. The average Bonchev–Trinajstić information content (AvgIpc) is 3.53. The third kappa shape index (κ3) is 17.6. The van der Waals surface area contributed by atoms with Gasteiger partial charge in [0, 0.05) is 0 Å². The van der Waals surface area contributed by atoms with E-state index in [-0.39, 0.29) is 0 Å². The molecule has 5 unspecified atom stereocenters. The van der Waals surface area contributed by atoms with Gasteiger partial charge < -0.3 is 0 Å². The van der Waals surface area contributed by atoms with Gasteiger partial charge in [-0.25, -0.2) is 0 Å². The molecule has 5 atom stereocenters. The van der Waals surface area contributed by atoms with Crippen molar-refractivity contribution < 1.29 is 0 Å². The highest BCUT2D eigenvalue weighted by Crippen LogP contribution is 2.41. The van der Waals surface area contributed by atoms with Gasteiger partial charge in [0.25, 0.3) is 0 Å². The highest BCUT2D eigenvalue weighted by molar-refractivity contribution is 4.81. The number of rotatable bonds is 6. The SMILES string of the molecule is CC(C)C1CCC1.CC(C)C1CCCC1.CC(C)C1CCCCC1.CC(C)C1CCCCC1C.CCC1CCCC(C)C1C(C)C. The van der Waals surface area contributed by atoms with E-state index < -0.39 is 0 Å². The lowest BCUT2D eigenvalue weighted by molar-refractivity contribution is 0.113. The van der Waals surface area contributed by atoms with Crippen LogP contribution < -0.4 is 0 Å². The fourth-order valence-corrected chi connectivity index (χ4v) is 10.1. The van der Waals surface area contributed by atoms with E-state index in [9.17, 15) is 0 Å². The maximum Gasteiger partial charge on any atom is -0.0337 e. The molecule has 0 heteroatoms. The summed E-state index contributed by atoms with van der Waals surface area (Å²) < 4.78 is 0. The molecule has 0 N–H and O–H groups in total. The normalized spacial score (nSPS) is 29.2. The van der Waals surface area contributed by atoms with Crippen LogP contribution in [0.4, 0.5) is 0 Å². The van der Waals surface area contributed by atoms with Crippen LogP contribution in [0.25, 0.3) is 0 Å². The minimum absolute atomic E-state index is 0.894. The molecule has 0 nitrogen and oxygen atoms in total. The van der Waals surface area contributed by atoms with Gasteiger partial charge in [0.15, 0.2) is 0 Å². The second-order valence-electron chi connectivity index (χ2n) is 18.9. The summed E-state index contributed by atoms with van der Waals surface area (Å²) in [7, 11) is 0. The van der Waals surface area contributed by atoms with Crippen molar-refractivity contribution in [2.75, 3.05) is 0 Å². The van der Waals surface area contributed by atoms with Gasteiger partial charge >= 0.3 is 0 Å². The molecule has 0 heterocycles. The molecule has 0 aromatic carbocycles. The molecule has 5 fully saturated rings. The van der Waals surface area contributed by atoms with Crippen molar-refractivity contribution in [1.82, 2.24) is 0 Å². The molecule has 0 radical (unpaired) electrons. The van der Waals surface area contributed by atoms with Crippen molar-refractivity contribution in [2.24, 2.45) is 76.9 Å². The maximum atomic E-state index is 2.45. The van der Waals surface area contributed by atoms with Gasteiger partial charge in [-0.2, -0.15) is 0 Å². The van der Waals surface area contributed by atoms with Crippen LogP contribution in [0.2, 0.25) is 0 Å². The van der Waals surface area contributed by atoms with E-state index in [2.05, 4.69) is 90.0 Å². The fraction of sp³-hybridized carbons (Fsp3) is 1.00. The number of hydrogen-bond donors (Lipinski definition) is 0. The highest BCUT2D eigenvalue weighted by atomic mass is 14.4. The standard InChI is InChI=1S/C12H24.C10H20.C9H18.C8H16.C7H14/c1-5-11-8-6-7-10(4)12(11)9(2)3;1-8(2)10-7-5-4-6-9(10)3;1-8(2)9-6-4-3-5-7-9;1-7(2)8-5-3-4-6-8;1-6(2)7-4-3-5-7/h9-12H,5-8H2,1-4H3;8-10H,4-7H2,1-3H3;8-9H,3-7H2,1-2H3;7-8H,3-6H2,1-2H3;6-7H,3-5H2,1-2H3.